The van der Waals surface area contributed by atoms with Crippen LogP contribution in [0.25, 0.3) is 0 Å². The lowest BCUT2D eigenvalue weighted by molar-refractivity contribution is -0.139. The van der Waals surface area contributed by atoms with Gasteiger partial charge in [-0.05, 0) is 64.5 Å². The number of likely N-dealkylation sites (tertiary alicyclic amines) is 2. The summed E-state index contributed by atoms with van der Waals surface area (Å²) in [4.78, 5) is 29.3. The highest BCUT2D eigenvalue weighted by molar-refractivity contribution is 5.82. The van der Waals surface area contributed by atoms with E-state index in [1.807, 2.05) is 6.92 Å². The predicted octanol–water partition coefficient (Wildman–Crippen LogP) is 2.86. The predicted molar refractivity (Wildman–Crippen MR) is 91.2 cm³/mol. The normalized spacial score (nSPS) is 30.6. The Balaban J connectivity index is 1.44. The molecule has 0 N–H and O–H groups in total. The molecule has 3 aliphatic rings. The minimum absolute atomic E-state index is 0.180. The lowest BCUT2D eigenvalue weighted by atomic mass is 9.79. The molecule has 0 spiro atoms. The van der Waals surface area contributed by atoms with Gasteiger partial charge in [0.2, 0.25) is 5.91 Å². The Morgan fingerprint density at radius 1 is 0.826 bits per heavy atom. The zero-order chi connectivity index (χ0) is 16.2. The number of hydrogen-bond acceptors (Lipinski definition) is 3. The maximum Gasteiger partial charge on any atom is 0.225 e. The van der Waals surface area contributed by atoms with Crippen molar-refractivity contribution in [3.05, 3.63) is 0 Å². The third kappa shape index (κ3) is 3.96. The van der Waals surface area contributed by atoms with Crippen LogP contribution >= 0.6 is 0 Å². The van der Waals surface area contributed by atoms with Gasteiger partial charge in [-0.1, -0.05) is 6.92 Å². The van der Waals surface area contributed by atoms with Gasteiger partial charge in [0, 0.05) is 37.4 Å². The molecule has 23 heavy (non-hydrogen) atoms. The van der Waals surface area contributed by atoms with E-state index in [1.54, 1.807) is 0 Å². The molecule has 0 unspecified atom stereocenters. The van der Waals surface area contributed by atoms with E-state index in [0.717, 1.165) is 51.6 Å². The SMILES string of the molecule is CCC(=O)[C@H]1CC[C@H](C(=O)N2CCC(N3CCCC3)CC2)CC1. The first-order chi connectivity index (χ1) is 11.2. The van der Waals surface area contributed by atoms with Crippen LogP contribution in [-0.4, -0.2) is 53.7 Å². The lowest BCUT2D eigenvalue weighted by Crippen LogP contribution is -2.48. The van der Waals surface area contributed by atoms with Crippen molar-refractivity contribution in [2.24, 2.45) is 11.8 Å². The van der Waals surface area contributed by atoms with Crippen molar-refractivity contribution >= 4 is 11.7 Å². The molecule has 2 saturated heterocycles. The second-order valence-electron chi connectivity index (χ2n) is 7.67. The molecule has 1 amide bonds. The summed E-state index contributed by atoms with van der Waals surface area (Å²) in [5, 5.41) is 0. The lowest BCUT2D eigenvalue weighted by Gasteiger charge is -2.39. The maximum absolute atomic E-state index is 12.8. The number of amides is 1. The van der Waals surface area contributed by atoms with E-state index in [1.165, 1.54) is 25.9 Å². The molecule has 0 aromatic carbocycles. The van der Waals surface area contributed by atoms with E-state index in [0.29, 0.717) is 24.2 Å². The molecule has 0 bridgehead atoms. The molecular weight excluding hydrogens is 288 g/mol. The van der Waals surface area contributed by atoms with E-state index in [4.69, 9.17) is 0 Å². The number of rotatable bonds is 4. The molecule has 1 saturated carbocycles. The van der Waals surface area contributed by atoms with Gasteiger partial charge in [-0.25, -0.2) is 0 Å². The van der Waals surface area contributed by atoms with Crippen molar-refractivity contribution in [2.45, 2.75) is 70.8 Å². The fourth-order valence-corrected chi connectivity index (χ4v) is 4.77. The number of nitrogens with zero attached hydrogens (tertiary/aromatic N) is 2. The van der Waals surface area contributed by atoms with Crippen molar-refractivity contribution in [2.75, 3.05) is 26.2 Å². The first-order valence-corrected chi connectivity index (χ1v) is 9.74. The molecule has 130 valence electrons. The van der Waals surface area contributed by atoms with Crippen molar-refractivity contribution in [3.8, 4) is 0 Å². The van der Waals surface area contributed by atoms with E-state index in [-0.39, 0.29) is 11.8 Å². The Bertz CT molecular complexity index is 415. The first kappa shape index (κ1) is 16.9. The van der Waals surface area contributed by atoms with Gasteiger partial charge in [0.05, 0.1) is 0 Å². The second kappa shape index (κ2) is 7.78. The van der Waals surface area contributed by atoms with Crippen LogP contribution in [0.2, 0.25) is 0 Å². The highest BCUT2D eigenvalue weighted by atomic mass is 16.2. The second-order valence-corrected chi connectivity index (χ2v) is 7.67. The largest absolute Gasteiger partial charge is 0.342 e. The zero-order valence-electron chi connectivity index (χ0n) is 14.6. The molecule has 2 aliphatic heterocycles. The Morgan fingerprint density at radius 3 is 1.96 bits per heavy atom. The molecule has 4 nitrogen and oxygen atoms in total. The summed E-state index contributed by atoms with van der Waals surface area (Å²) >= 11 is 0. The first-order valence-electron chi connectivity index (χ1n) is 9.74. The van der Waals surface area contributed by atoms with Gasteiger partial charge in [-0.3, -0.25) is 9.59 Å². The molecule has 4 heteroatoms. The molecule has 3 fully saturated rings. The summed E-state index contributed by atoms with van der Waals surface area (Å²) in [6.07, 6.45) is 9.32. The highest BCUT2D eigenvalue weighted by Gasteiger charge is 2.34. The van der Waals surface area contributed by atoms with Crippen LogP contribution in [0.15, 0.2) is 0 Å². The summed E-state index contributed by atoms with van der Waals surface area (Å²) in [6, 6.07) is 0.708. The van der Waals surface area contributed by atoms with E-state index < -0.39 is 0 Å². The molecule has 0 atom stereocenters. The van der Waals surface area contributed by atoms with Crippen molar-refractivity contribution in [1.82, 2.24) is 9.80 Å². The molecule has 0 aromatic heterocycles. The summed E-state index contributed by atoms with van der Waals surface area (Å²) < 4.78 is 0. The summed E-state index contributed by atoms with van der Waals surface area (Å²) in [7, 11) is 0. The molecule has 0 radical (unpaired) electrons. The third-order valence-corrected chi connectivity index (χ3v) is 6.31. The molecular formula is C19H32N2O2. The summed E-state index contributed by atoms with van der Waals surface area (Å²) in [6.45, 7) is 6.34. The fourth-order valence-electron chi connectivity index (χ4n) is 4.77. The van der Waals surface area contributed by atoms with Crippen molar-refractivity contribution in [1.29, 1.82) is 0 Å². The molecule has 2 heterocycles. The Labute approximate surface area is 140 Å². The smallest absolute Gasteiger partial charge is 0.225 e. The van der Waals surface area contributed by atoms with Crippen molar-refractivity contribution in [3.63, 3.8) is 0 Å². The van der Waals surface area contributed by atoms with Crippen LogP contribution in [0.5, 0.6) is 0 Å². The average molecular weight is 320 g/mol. The van der Waals surface area contributed by atoms with Crippen LogP contribution in [0.3, 0.4) is 0 Å². The molecule has 1 aliphatic carbocycles. The van der Waals surface area contributed by atoms with Gasteiger partial charge < -0.3 is 9.80 Å². The Morgan fingerprint density at radius 2 is 1.39 bits per heavy atom. The van der Waals surface area contributed by atoms with Gasteiger partial charge >= 0.3 is 0 Å². The topological polar surface area (TPSA) is 40.6 Å². The standard InChI is InChI=1S/C19H32N2O2/c1-2-18(22)15-5-7-16(8-6-15)19(23)21-13-9-17(10-14-21)20-11-3-4-12-20/h15-17H,2-14H2,1H3/t15-,16-. The Hall–Kier alpha value is -0.900. The molecule has 0 aromatic rings. The quantitative estimate of drug-likeness (QED) is 0.800. The van der Waals surface area contributed by atoms with E-state index in [9.17, 15) is 9.59 Å². The minimum atomic E-state index is 0.180. The number of Topliss-reactive ketones (excluding diaryl/α,β-unsaturated/α-hetero) is 1. The zero-order valence-corrected chi connectivity index (χ0v) is 14.6. The van der Waals surface area contributed by atoms with E-state index >= 15 is 0 Å². The average Bonchev–Trinajstić information content (AvgIpc) is 3.15. The van der Waals surface area contributed by atoms with Gasteiger partial charge in [0.25, 0.3) is 0 Å². The number of carbonyl (C=O) groups excluding carboxylic acids is 2. The minimum Gasteiger partial charge on any atom is -0.342 e. The van der Waals surface area contributed by atoms with Gasteiger partial charge in [0.1, 0.15) is 5.78 Å². The van der Waals surface area contributed by atoms with Crippen LogP contribution in [0.1, 0.15) is 64.7 Å². The fraction of sp³-hybridized carbons (Fsp3) is 0.895. The van der Waals surface area contributed by atoms with E-state index in [2.05, 4.69) is 9.80 Å². The van der Waals surface area contributed by atoms with Gasteiger partial charge in [-0.2, -0.15) is 0 Å². The molecule has 3 rings (SSSR count). The maximum atomic E-state index is 12.8. The number of hydrogen-bond donors (Lipinski definition) is 0. The van der Waals surface area contributed by atoms with Gasteiger partial charge in [0.15, 0.2) is 0 Å². The number of ketones is 1. The monoisotopic (exact) mass is 320 g/mol. The van der Waals surface area contributed by atoms with Crippen LogP contribution in [-0.2, 0) is 9.59 Å². The van der Waals surface area contributed by atoms with Crippen LogP contribution < -0.4 is 0 Å². The van der Waals surface area contributed by atoms with Crippen molar-refractivity contribution < 1.29 is 9.59 Å². The van der Waals surface area contributed by atoms with Gasteiger partial charge in [-0.15, -0.1) is 0 Å². The van der Waals surface area contributed by atoms with Crippen LogP contribution in [0.4, 0.5) is 0 Å². The third-order valence-electron chi connectivity index (χ3n) is 6.31. The van der Waals surface area contributed by atoms with Crippen LogP contribution in [0, 0.1) is 11.8 Å². The number of piperidine rings is 1. The number of carbonyl (C=O) groups is 2. The summed E-state index contributed by atoms with van der Waals surface area (Å²) in [5.41, 5.74) is 0. The Kier molecular flexibility index (Phi) is 5.73. The summed E-state index contributed by atoms with van der Waals surface area (Å²) in [5.74, 6) is 1.17. The highest BCUT2D eigenvalue weighted by Crippen LogP contribution is 2.32.